The first kappa shape index (κ1) is 14.4. The van der Waals surface area contributed by atoms with Gasteiger partial charge in [0.05, 0.1) is 6.04 Å². The van der Waals surface area contributed by atoms with Crippen molar-refractivity contribution in [2.24, 2.45) is 0 Å². The van der Waals surface area contributed by atoms with Crippen LogP contribution in [0.4, 0.5) is 0 Å². The standard InChI is InChI=1S/C12H26N2O/c1-6-7-8-9-14(10(2)3)12(15)11(4)13-5/h10-11,13H,6-9H2,1-5H3. The molecule has 0 aliphatic heterocycles. The van der Waals surface area contributed by atoms with Crippen LogP contribution in [0.1, 0.15) is 47.0 Å². The van der Waals surface area contributed by atoms with E-state index < -0.39 is 0 Å². The molecule has 0 spiro atoms. The predicted molar refractivity (Wildman–Crippen MR) is 64.9 cm³/mol. The van der Waals surface area contributed by atoms with Gasteiger partial charge in [-0.3, -0.25) is 4.79 Å². The largest absolute Gasteiger partial charge is 0.339 e. The molecule has 0 saturated carbocycles. The summed E-state index contributed by atoms with van der Waals surface area (Å²) >= 11 is 0. The Balaban J connectivity index is 4.19. The Hall–Kier alpha value is -0.570. The molecule has 0 radical (unpaired) electrons. The lowest BCUT2D eigenvalue weighted by Crippen LogP contribution is -2.47. The van der Waals surface area contributed by atoms with Crippen molar-refractivity contribution in [3.8, 4) is 0 Å². The average Bonchev–Trinajstić information content (AvgIpc) is 2.22. The van der Waals surface area contributed by atoms with Crippen molar-refractivity contribution in [2.45, 2.75) is 59.0 Å². The summed E-state index contributed by atoms with van der Waals surface area (Å²) < 4.78 is 0. The molecule has 0 fully saturated rings. The third-order valence-electron chi connectivity index (χ3n) is 2.71. The maximum absolute atomic E-state index is 12.0. The van der Waals surface area contributed by atoms with E-state index in [2.05, 4.69) is 26.1 Å². The van der Waals surface area contributed by atoms with Crippen LogP contribution < -0.4 is 5.32 Å². The van der Waals surface area contributed by atoms with Crippen molar-refractivity contribution in [1.82, 2.24) is 10.2 Å². The summed E-state index contributed by atoms with van der Waals surface area (Å²) in [4.78, 5) is 13.9. The van der Waals surface area contributed by atoms with Crippen LogP contribution in [0, 0.1) is 0 Å². The zero-order chi connectivity index (χ0) is 11.8. The van der Waals surface area contributed by atoms with Crippen LogP contribution in [-0.4, -0.2) is 36.5 Å². The van der Waals surface area contributed by atoms with Crippen molar-refractivity contribution in [1.29, 1.82) is 0 Å². The van der Waals surface area contributed by atoms with Crippen molar-refractivity contribution in [3.63, 3.8) is 0 Å². The Morgan fingerprint density at radius 2 is 1.87 bits per heavy atom. The molecule has 0 bridgehead atoms. The molecule has 3 heteroatoms. The number of rotatable bonds is 7. The Morgan fingerprint density at radius 1 is 1.27 bits per heavy atom. The topological polar surface area (TPSA) is 32.3 Å². The fourth-order valence-electron chi connectivity index (χ4n) is 1.53. The van der Waals surface area contributed by atoms with Crippen LogP contribution in [0.15, 0.2) is 0 Å². The van der Waals surface area contributed by atoms with E-state index in [4.69, 9.17) is 0 Å². The Bertz CT molecular complexity index is 180. The van der Waals surface area contributed by atoms with Gasteiger partial charge in [-0.05, 0) is 34.2 Å². The van der Waals surface area contributed by atoms with E-state index in [0.29, 0.717) is 6.04 Å². The van der Waals surface area contributed by atoms with Crippen LogP contribution in [0.25, 0.3) is 0 Å². The van der Waals surface area contributed by atoms with Gasteiger partial charge >= 0.3 is 0 Å². The quantitative estimate of drug-likeness (QED) is 0.658. The van der Waals surface area contributed by atoms with Crippen LogP contribution in [0.5, 0.6) is 0 Å². The molecule has 0 aromatic rings. The van der Waals surface area contributed by atoms with E-state index in [1.54, 1.807) is 0 Å². The number of hydrogen-bond acceptors (Lipinski definition) is 2. The molecule has 0 saturated heterocycles. The highest BCUT2D eigenvalue weighted by atomic mass is 16.2. The number of nitrogens with one attached hydrogen (secondary N) is 1. The van der Waals surface area contributed by atoms with E-state index in [1.165, 1.54) is 12.8 Å². The van der Waals surface area contributed by atoms with Crippen molar-refractivity contribution in [2.75, 3.05) is 13.6 Å². The number of amides is 1. The van der Waals surface area contributed by atoms with Gasteiger partial charge in [0.2, 0.25) is 5.91 Å². The first-order valence-electron chi connectivity index (χ1n) is 6.02. The van der Waals surface area contributed by atoms with Crippen LogP contribution in [0.2, 0.25) is 0 Å². The normalized spacial score (nSPS) is 12.9. The van der Waals surface area contributed by atoms with Crippen LogP contribution in [0.3, 0.4) is 0 Å². The number of unbranched alkanes of at least 4 members (excludes halogenated alkanes) is 2. The molecule has 15 heavy (non-hydrogen) atoms. The maximum Gasteiger partial charge on any atom is 0.239 e. The van der Waals surface area contributed by atoms with Gasteiger partial charge in [-0.1, -0.05) is 19.8 Å². The van der Waals surface area contributed by atoms with Crippen LogP contribution >= 0.6 is 0 Å². The fraction of sp³-hybridized carbons (Fsp3) is 0.917. The van der Waals surface area contributed by atoms with Gasteiger partial charge in [0, 0.05) is 12.6 Å². The van der Waals surface area contributed by atoms with Gasteiger partial charge in [-0.2, -0.15) is 0 Å². The minimum absolute atomic E-state index is 0.0750. The molecule has 3 nitrogen and oxygen atoms in total. The van der Waals surface area contributed by atoms with Gasteiger partial charge < -0.3 is 10.2 Å². The minimum Gasteiger partial charge on any atom is -0.339 e. The molecule has 0 rings (SSSR count). The second-order valence-electron chi connectivity index (χ2n) is 4.34. The highest BCUT2D eigenvalue weighted by molar-refractivity contribution is 5.81. The monoisotopic (exact) mass is 214 g/mol. The smallest absolute Gasteiger partial charge is 0.239 e. The van der Waals surface area contributed by atoms with E-state index >= 15 is 0 Å². The zero-order valence-electron chi connectivity index (χ0n) is 10.8. The molecule has 1 unspecified atom stereocenters. The number of nitrogens with zero attached hydrogens (tertiary/aromatic N) is 1. The third kappa shape index (κ3) is 5.17. The SMILES string of the molecule is CCCCCN(C(=O)C(C)NC)C(C)C. The molecule has 1 atom stereocenters. The van der Waals surface area contributed by atoms with Gasteiger partial charge in [0.25, 0.3) is 0 Å². The Morgan fingerprint density at radius 3 is 2.27 bits per heavy atom. The summed E-state index contributed by atoms with van der Waals surface area (Å²) in [5.74, 6) is 0.212. The number of carbonyl (C=O) groups excluding carboxylic acids is 1. The molecule has 1 amide bonds. The first-order valence-corrected chi connectivity index (χ1v) is 6.02. The Labute approximate surface area is 94.2 Å². The molecule has 0 aliphatic rings. The van der Waals surface area contributed by atoms with Gasteiger partial charge in [0.1, 0.15) is 0 Å². The average molecular weight is 214 g/mol. The number of likely N-dealkylation sites (N-methyl/N-ethyl adjacent to an activating group) is 1. The van der Waals surface area contributed by atoms with Crippen molar-refractivity contribution >= 4 is 5.91 Å². The van der Waals surface area contributed by atoms with E-state index in [1.807, 2.05) is 18.9 Å². The lowest BCUT2D eigenvalue weighted by molar-refractivity contribution is -0.134. The Kier molecular flexibility index (Phi) is 7.39. The molecule has 1 N–H and O–H groups in total. The highest BCUT2D eigenvalue weighted by Crippen LogP contribution is 2.05. The molecular weight excluding hydrogens is 188 g/mol. The summed E-state index contributed by atoms with van der Waals surface area (Å²) in [5.41, 5.74) is 0. The lowest BCUT2D eigenvalue weighted by atomic mass is 10.2. The van der Waals surface area contributed by atoms with Gasteiger partial charge in [-0.15, -0.1) is 0 Å². The lowest BCUT2D eigenvalue weighted by Gasteiger charge is -2.29. The van der Waals surface area contributed by atoms with E-state index in [9.17, 15) is 4.79 Å². The summed E-state index contributed by atoms with van der Waals surface area (Å²) in [6.45, 7) is 9.13. The van der Waals surface area contributed by atoms with Crippen molar-refractivity contribution in [3.05, 3.63) is 0 Å². The molecule has 0 heterocycles. The van der Waals surface area contributed by atoms with Gasteiger partial charge in [0.15, 0.2) is 0 Å². The highest BCUT2D eigenvalue weighted by Gasteiger charge is 2.20. The maximum atomic E-state index is 12.0. The molecule has 0 aromatic heterocycles. The minimum atomic E-state index is -0.0750. The fourth-order valence-corrected chi connectivity index (χ4v) is 1.53. The predicted octanol–water partition coefficient (Wildman–Crippen LogP) is 2.02. The van der Waals surface area contributed by atoms with E-state index in [0.717, 1.165) is 13.0 Å². The molecule has 0 aromatic carbocycles. The summed E-state index contributed by atoms with van der Waals surface area (Å²) in [7, 11) is 1.83. The first-order chi connectivity index (χ1) is 7.04. The third-order valence-corrected chi connectivity index (χ3v) is 2.71. The molecular formula is C12H26N2O. The van der Waals surface area contributed by atoms with Crippen LogP contribution in [-0.2, 0) is 4.79 Å². The summed E-state index contributed by atoms with van der Waals surface area (Å²) in [6, 6.07) is 0.221. The number of carbonyl (C=O) groups is 1. The summed E-state index contributed by atoms with van der Waals surface area (Å²) in [5, 5.41) is 3.00. The summed E-state index contributed by atoms with van der Waals surface area (Å²) in [6.07, 6.45) is 3.50. The second kappa shape index (κ2) is 7.69. The second-order valence-corrected chi connectivity index (χ2v) is 4.34. The zero-order valence-corrected chi connectivity index (χ0v) is 10.8. The molecule has 0 aliphatic carbocycles. The van der Waals surface area contributed by atoms with E-state index in [-0.39, 0.29) is 11.9 Å². The van der Waals surface area contributed by atoms with Gasteiger partial charge in [-0.25, -0.2) is 0 Å². The van der Waals surface area contributed by atoms with Crippen molar-refractivity contribution < 1.29 is 4.79 Å². The number of hydrogen-bond donors (Lipinski definition) is 1. The molecule has 90 valence electrons.